The van der Waals surface area contributed by atoms with Crippen LogP contribution < -0.4 is 15.6 Å². The second-order valence-electron chi connectivity index (χ2n) is 4.17. The van der Waals surface area contributed by atoms with Crippen LogP contribution in [-0.4, -0.2) is 25.7 Å². The molecule has 0 unspecified atom stereocenters. The van der Waals surface area contributed by atoms with Crippen LogP contribution in [0.4, 0.5) is 4.79 Å². The van der Waals surface area contributed by atoms with E-state index in [0.717, 1.165) is 10.4 Å². The van der Waals surface area contributed by atoms with E-state index >= 15 is 0 Å². The number of nitrogens with one attached hydrogen (secondary N) is 2. The fourth-order valence-electron chi connectivity index (χ4n) is 1.76. The second-order valence-corrected chi connectivity index (χ2v) is 5.23. The Morgan fingerprint density at radius 3 is 2.55 bits per heavy atom. The molecule has 1 aromatic heterocycles. The number of methoxy groups -OCH3 is 1. The Labute approximate surface area is 132 Å². The van der Waals surface area contributed by atoms with Crippen LogP contribution in [-0.2, 0) is 4.74 Å². The maximum absolute atomic E-state index is 12.1. The Bertz CT molecular complexity index is 655. The van der Waals surface area contributed by atoms with Crippen molar-refractivity contribution in [1.82, 2.24) is 10.9 Å². The quantitative estimate of drug-likeness (QED) is 0.849. The number of amides is 2. The average molecular weight is 320 g/mol. The number of hydrogen-bond donors (Lipinski definition) is 2. The highest BCUT2D eigenvalue weighted by Gasteiger charge is 2.18. The van der Waals surface area contributed by atoms with E-state index in [1.165, 1.54) is 18.4 Å². The molecule has 0 aliphatic heterocycles. The lowest BCUT2D eigenvalue weighted by atomic mass is 10.2. The van der Waals surface area contributed by atoms with E-state index in [0.29, 0.717) is 10.6 Å². The summed E-state index contributed by atoms with van der Waals surface area (Å²) < 4.78 is 9.90. The molecule has 1 heterocycles. The summed E-state index contributed by atoms with van der Waals surface area (Å²) in [6.45, 7) is 1.90. The maximum Gasteiger partial charge on any atom is 0.426 e. The fraction of sp³-hybridized carbons (Fsp3) is 0.200. The molecule has 0 bridgehead atoms. The van der Waals surface area contributed by atoms with Gasteiger partial charge in [0, 0.05) is 4.88 Å². The van der Waals surface area contributed by atoms with Crippen molar-refractivity contribution in [1.29, 1.82) is 0 Å². The lowest BCUT2D eigenvalue weighted by Crippen LogP contribution is -2.41. The molecule has 2 amide bonds. The Balaban J connectivity index is 2.15. The Hall–Kier alpha value is -2.54. The molecule has 0 spiro atoms. The summed E-state index contributed by atoms with van der Waals surface area (Å²) in [5, 5.41) is 0. The number of thiophene rings is 1. The minimum atomic E-state index is -0.713. The topological polar surface area (TPSA) is 76.7 Å². The summed E-state index contributed by atoms with van der Waals surface area (Å²) in [5.74, 6) is -0.0101. The van der Waals surface area contributed by atoms with Crippen LogP contribution >= 0.6 is 11.3 Å². The van der Waals surface area contributed by atoms with Crippen LogP contribution in [0.15, 0.2) is 36.4 Å². The summed E-state index contributed by atoms with van der Waals surface area (Å²) in [7, 11) is 1.49. The predicted molar refractivity (Wildman–Crippen MR) is 83.9 cm³/mol. The van der Waals surface area contributed by atoms with Gasteiger partial charge in [-0.15, -0.1) is 11.3 Å². The first-order valence-electron chi connectivity index (χ1n) is 6.62. The Kier molecular flexibility index (Phi) is 5.37. The third kappa shape index (κ3) is 3.76. The molecule has 0 aliphatic carbocycles. The number of ether oxygens (including phenoxy) is 2. The molecule has 116 valence electrons. The summed E-state index contributed by atoms with van der Waals surface area (Å²) in [6, 6.07) is 11.4. The molecule has 22 heavy (non-hydrogen) atoms. The molecule has 0 saturated heterocycles. The third-order valence-electron chi connectivity index (χ3n) is 2.74. The van der Waals surface area contributed by atoms with Crippen molar-refractivity contribution >= 4 is 23.3 Å². The van der Waals surface area contributed by atoms with Crippen molar-refractivity contribution in [2.45, 2.75) is 6.92 Å². The summed E-state index contributed by atoms with van der Waals surface area (Å²) in [4.78, 5) is 24.6. The fourth-order valence-corrected chi connectivity index (χ4v) is 2.79. The van der Waals surface area contributed by atoms with Crippen molar-refractivity contribution < 1.29 is 19.1 Å². The first-order valence-corrected chi connectivity index (χ1v) is 7.43. The van der Waals surface area contributed by atoms with Gasteiger partial charge in [-0.2, -0.15) is 0 Å². The van der Waals surface area contributed by atoms with Crippen molar-refractivity contribution in [3.05, 3.63) is 41.3 Å². The van der Waals surface area contributed by atoms with E-state index in [1.54, 1.807) is 13.0 Å². The lowest BCUT2D eigenvalue weighted by Gasteiger charge is -2.06. The van der Waals surface area contributed by atoms with Gasteiger partial charge in [0.15, 0.2) is 0 Å². The highest BCUT2D eigenvalue weighted by atomic mass is 32.1. The van der Waals surface area contributed by atoms with Crippen molar-refractivity contribution in [3.8, 4) is 16.2 Å². The van der Waals surface area contributed by atoms with Crippen LogP contribution in [0.5, 0.6) is 5.75 Å². The zero-order valence-corrected chi connectivity index (χ0v) is 13.0. The number of carbonyl (C=O) groups is 2. The van der Waals surface area contributed by atoms with Gasteiger partial charge in [0.1, 0.15) is 10.6 Å². The van der Waals surface area contributed by atoms with Crippen molar-refractivity contribution in [2.75, 3.05) is 13.7 Å². The van der Waals surface area contributed by atoms with Crippen LogP contribution in [0.3, 0.4) is 0 Å². The zero-order valence-electron chi connectivity index (χ0n) is 12.2. The minimum Gasteiger partial charge on any atom is -0.495 e. The van der Waals surface area contributed by atoms with Crippen LogP contribution in [0.1, 0.15) is 16.6 Å². The third-order valence-corrected chi connectivity index (χ3v) is 3.90. The van der Waals surface area contributed by atoms with Gasteiger partial charge >= 0.3 is 6.09 Å². The molecule has 6 nitrogen and oxygen atoms in total. The van der Waals surface area contributed by atoms with Gasteiger partial charge in [-0.25, -0.2) is 10.2 Å². The van der Waals surface area contributed by atoms with Crippen LogP contribution in [0.25, 0.3) is 10.4 Å². The zero-order chi connectivity index (χ0) is 15.9. The van der Waals surface area contributed by atoms with Gasteiger partial charge < -0.3 is 9.47 Å². The van der Waals surface area contributed by atoms with E-state index < -0.39 is 12.0 Å². The molecular formula is C15H16N2O4S. The maximum atomic E-state index is 12.1. The normalized spacial score (nSPS) is 9.91. The predicted octanol–water partition coefficient (Wildman–Crippen LogP) is 2.81. The van der Waals surface area contributed by atoms with Gasteiger partial charge in [0.25, 0.3) is 5.91 Å². The van der Waals surface area contributed by atoms with E-state index in [4.69, 9.17) is 4.74 Å². The molecule has 0 atom stereocenters. The number of hydrogen-bond acceptors (Lipinski definition) is 5. The van der Waals surface area contributed by atoms with Crippen molar-refractivity contribution in [2.24, 2.45) is 0 Å². The monoisotopic (exact) mass is 320 g/mol. The largest absolute Gasteiger partial charge is 0.495 e. The molecule has 2 rings (SSSR count). The van der Waals surface area contributed by atoms with E-state index in [-0.39, 0.29) is 6.61 Å². The molecule has 2 aromatic rings. The lowest BCUT2D eigenvalue weighted by molar-refractivity contribution is 0.0914. The molecule has 0 saturated carbocycles. The van der Waals surface area contributed by atoms with Crippen molar-refractivity contribution in [3.63, 3.8) is 0 Å². The van der Waals surface area contributed by atoms with Gasteiger partial charge in [-0.3, -0.25) is 10.2 Å². The van der Waals surface area contributed by atoms with Gasteiger partial charge in [-0.1, -0.05) is 30.3 Å². The van der Waals surface area contributed by atoms with Crippen LogP contribution in [0.2, 0.25) is 0 Å². The molecule has 0 radical (unpaired) electrons. The number of rotatable bonds is 4. The summed E-state index contributed by atoms with van der Waals surface area (Å²) >= 11 is 1.28. The minimum absolute atomic E-state index is 0.224. The number of benzene rings is 1. The van der Waals surface area contributed by atoms with E-state index in [2.05, 4.69) is 15.6 Å². The molecule has 1 aromatic carbocycles. The van der Waals surface area contributed by atoms with Gasteiger partial charge in [0.05, 0.1) is 13.7 Å². The van der Waals surface area contributed by atoms with Gasteiger partial charge in [0.2, 0.25) is 0 Å². The summed E-state index contributed by atoms with van der Waals surface area (Å²) in [5.41, 5.74) is 5.45. The summed E-state index contributed by atoms with van der Waals surface area (Å²) in [6.07, 6.45) is -0.713. The smallest absolute Gasteiger partial charge is 0.426 e. The van der Waals surface area contributed by atoms with E-state index in [9.17, 15) is 9.59 Å². The second kappa shape index (κ2) is 7.46. The van der Waals surface area contributed by atoms with Gasteiger partial charge in [-0.05, 0) is 18.6 Å². The first-order chi connectivity index (χ1) is 10.7. The highest BCUT2D eigenvalue weighted by molar-refractivity contribution is 7.17. The standard InChI is InChI=1S/C15H16N2O4S/c1-3-21-15(19)17-16-14(18)13-11(20-2)9-12(22-13)10-7-5-4-6-8-10/h4-9H,3H2,1-2H3,(H,16,18)(H,17,19). The van der Waals surface area contributed by atoms with E-state index in [1.807, 2.05) is 30.3 Å². The molecule has 2 N–H and O–H groups in total. The number of carbonyl (C=O) groups excluding carboxylic acids is 2. The van der Waals surface area contributed by atoms with Crippen LogP contribution in [0, 0.1) is 0 Å². The SMILES string of the molecule is CCOC(=O)NNC(=O)c1sc(-c2ccccc2)cc1OC. The Morgan fingerprint density at radius 2 is 1.91 bits per heavy atom. The first kappa shape index (κ1) is 15.8. The molecule has 7 heteroatoms. The highest BCUT2D eigenvalue weighted by Crippen LogP contribution is 2.35. The average Bonchev–Trinajstić information content (AvgIpc) is 2.98. The molecular weight excluding hydrogens is 304 g/mol. The molecule has 0 fully saturated rings. The molecule has 0 aliphatic rings. The Morgan fingerprint density at radius 1 is 1.18 bits per heavy atom. The number of hydrazine groups is 1.